The van der Waals surface area contributed by atoms with Crippen LogP contribution in [0.1, 0.15) is 6.42 Å². The number of esters is 2. The van der Waals surface area contributed by atoms with Crippen molar-refractivity contribution in [2.75, 3.05) is 13.2 Å². The lowest BCUT2D eigenvalue weighted by molar-refractivity contribution is -0.161. The summed E-state index contributed by atoms with van der Waals surface area (Å²) in [5.74, 6) is -0.516. The maximum atomic E-state index is 11.4. The molecule has 6 heteroatoms. The van der Waals surface area contributed by atoms with Gasteiger partial charge >= 0.3 is 11.9 Å². The molecule has 96 valence electrons. The number of benzene rings is 1. The standard InChI is InChI=1S/C12H11BrO5/c13-8-1-3-9(4-2-8)17-7-11(14)18-10-5-6-16-12(10)15/h1-4,10H,5-7H2/t10-/m1/s1. The first-order valence-corrected chi connectivity index (χ1v) is 6.19. The van der Waals surface area contributed by atoms with Gasteiger partial charge in [0.15, 0.2) is 6.61 Å². The van der Waals surface area contributed by atoms with Gasteiger partial charge in [-0.1, -0.05) is 15.9 Å². The molecule has 18 heavy (non-hydrogen) atoms. The van der Waals surface area contributed by atoms with Gasteiger partial charge in [0, 0.05) is 10.9 Å². The van der Waals surface area contributed by atoms with Crippen molar-refractivity contribution in [3.05, 3.63) is 28.7 Å². The number of cyclic esters (lactones) is 1. The van der Waals surface area contributed by atoms with Gasteiger partial charge in [0.25, 0.3) is 0 Å². The monoisotopic (exact) mass is 314 g/mol. The Bertz CT molecular complexity index is 442. The van der Waals surface area contributed by atoms with Crippen LogP contribution in [0, 0.1) is 0 Å². The third-order valence-corrected chi connectivity index (χ3v) is 2.86. The summed E-state index contributed by atoms with van der Waals surface area (Å²) < 4.78 is 15.7. The Morgan fingerprint density at radius 1 is 1.39 bits per heavy atom. The van der Waals surface area contributed by atoms with Crippen LogP contribution < -0.4 is 4.74 Å². The molecule has 1 aliphatic rings. The van der Waals surface area contributed by atoms with Gasteiger partial charge in [-0.05, 0) is 24.3 Å². The molecule has 1 atom stereocenters. The van der Waals surface area contributed by atoms with E-state index in [0.717, 1.165) is 4.47 Å². The van der Waals surface area contributed by atoms with Crippen LogP contribution in [-0.4, -0.2) is 31.3 Å². The van der Waals surface area contributed by atoms with E-state index in [0.29, 0.717) is 18.8 Å². The van der Waals surface area contributed by atoms with E-state index in [4.69, 9.17) is 9.47 Å². The van der Waals surface area contributed by atoms with Gasteiger partial charge in [-0.2, -0.15) is 0 Å². The molecule has 1 aromatic carbocycles. The predicted octanol–water partition coefficient (Wildman–Crippen LogP) is 1.69. The molecule has 1 heterocycles. The lowest BCUT2D eigenvalue weighted by Gasteiger charge is -2.09. The van der Waals surface area contributed by atoms with Crippen LogP contribution in [0.5, 0.6) is 5.75 Å². The van der Waals surface area contributed by atoms with Gasteiger partial charge < -0.3 is 14.2 Å². The summed E-state index contributed by atoms with van der Waals surface area (Å²) >= 11 is 3.29. The fraction of sp³-hybridized carbons (Fsp3) is 0.333. The zero-order valence-electron chi connectivity index (χ0n) is 9.43. The Hall–Kier alpha value is -1.56. The topological polar surface area (TPSA) is 61.8 Å². The Kier molecular flexibility index (Phi) is 4.19. The van der Waals surface area contributed by atoms with Crippen molar-refractivity contribution in [2.45, 2.75) is 12.5 Å². The smallest absolute Gasteiger partial charge is 0.347 e. The largest absolute Gasteiger partial charge is 0.482 e. The maximum absolute atomic E-state index is 11.4. The molecule has 1 saturated heterocycles. The van der Waals surface area contributed by atoms with Crippen LogP contribution in [-0.2, 0) is 19.1 Å². The number of rotatable bonds is 4. The van der Waals surface area contributed by atoms with E-state index in [1.165, 1.54) is 0 Å². The highest BCUT2D eigenvalue weighted by molar-refractivity contribution is 9.10. The highest BCUT2D eigenvalue weighted by Gasteiger charge is 2.30. The zero-order valence-corrected chi connectivity index (χ0v) is 11.0. The molecular formula is C12H11BrO5. The van der Waals surface area contributed by atoms with Crippen LogP contribution in [0.25, 0.3) is 0 Å². The van der Waals surface area contributed by atoms with Crippen LogP contribution in [0.2, 0.25) is 0 Å². The van der Waals surface area contributed by atoms with Crippen molar-refractivity contribution in [3.8, 4) is 5.75 Å². The first-order chi connectivity index (χ1) is 8.65. The fourth-order valence-electron chi connectivity index (χ4n) is 1.45. The first kappa shape index (κ1) is 12.9. The summed E-state index contributed by atoms with van der Waals surface area (Å²) in [5.41, 5.74) is 0. The summed E-state index contributed by atoms with van der Waals surface area (Å²) in [4.78, 5) is 22.5. The van der Waals surface area contributed by atoms with Crippen molar-refractivity contribution < 1.29 is 23.8 Å². The highest BCUT2D eigenvalue weighted by atomic mass is 79.9. The fourth-order valence-corrected chi connectivity index (χ4v) is 1.71. The SMILES string of the molecule is O=C(COc1ccc(Br)cc1)O[C@@H]1CCOC1=O. The number of ether oxygens (including phenoxy) is 3. The average molecular weight is 315 g/mol. The molecule has 0 amide bonds. The molecule has 2 rings (SSSR count). The Labute approximate surface area is 112 Å². The Morgan fingerprint density at radius 3 is 2.72 bits per heavy atom. The lowest BCUT2D eigenvalue weighted by Crippen LogP contribution is -2.26. The third kappa shape index (κ3) is 3.46. The number of halogens is 1. The van der Waals surface area contributed by atoms with Crippen LogP contribution in [0.4, 0.5) is 0 Å². The minimum absolute atomic E-state index is 0.231. The molecule has 0 radical (unpaired) electrons. The van der Waals surface area contributed by atoms with E-state index in [1.807, 2.05) is 0 Å². The highest BCUT2D eigenvalue weighted by Crippen LogP contribution is 2.16. The summed E-state index contributed by atoms with van der Waals surface area (Å²) in [6, 6.07) is 7.05. The van der Waals surface area contributed by atoms with Crippen LogP contribution in [0.3, 0.4) is 0 Å². The zero-order chi connectivity index (χ0) is 13.0. The summed E-state index contributed by atoms with van der Waals surface area (Å²) in [7, 11) is 0. The number of hydrogen-bond acceptors (Lipinski definition) is 5. The molecule has 1 fully saturated rings. The van der Waals surface area contributed by atoms with Crippen LogP contribution in [0.15, 0.2) is 28.7 Å². The van der Waals surface area contributed by atoms with Crippen molar-refractivity contribution >= 4 is 27.9 Å². The minimum Gasteiger partial charge on any atom is -0.482 e. The van der Waals surface area contributed by atoms with Gasteiger partial charge in [0.1, 0.15) is 5.75 Å². The number of hydrogen-bond donors (Lipinski definition) is 0. The number of carbonyl (C=O) groups excluding carboxylic acids is 2. The Morgan fingerprint density at radius 2 is 2.11 bits per heavy atom. The average Bonchev–Trinajstić information content (AvgIpc) is 2.74. The third-order valence-electron chi connectivity index (χ3n) is 2.33. The molecule has 0 aromatic heterocycles. The minimum atomic E-state index is -0.786. The molecule has 1 aromatic rings. The van der Waals surface area contributed by atoms with E-state index in [1.54, 1.807) is 24.3 Å². The van der Waals surface area contributed by atoms with Gasteiger partial charge in [-0.25, -0.2) is 9.59 Å². The normalized spacial score (nSPS) is 18.3. The van der Waals surface area contributed by atoms with E-state index in [2.05, 4.69) is 20.7 Å². The second-order valence-corrected chi connectivity index (χ2v) is 4.59. The van der Waals surface area contributed by atoms with E-state index in [-0.39, 0.29) is 6.61 Å². The van der Waals surface area contributed by atoms with Crippen molar-refractivity contribution in [2.24, 2.45) is 0 Å². The van der Waals surface area contributed by atoms with Gasteiger partial charge in [0.2, 0.25) is 6.10 Å². The molecule has 0 spiro atoms. The molecule has 0 unspecified atom stereocenters. The predicted molar refractivity (Wildman–Crippen MR) is 65.1 cm³/mol. The molecule has 0 bridgehead atoms. The summed E-state index contributed by atoms with van der Waals surface area (Å²) in [5, 5.41) is 0. The van der Waals surface area contributed by atoms with E-state index < -0.39 is 18.0 Å². The summed E-state index contributed by atoms with van der Waals surface area (Å²) in [6.07, 6.45) is -0.380. The van der Waals surface area contributed by atoms with E-state index in [9.17, 15) is 9.59 Å². The van der Waals surface area contributed by atoms with E-state index >= 15 is 0 Å². The molecule has 1 aliphatic heterocycles. The van der Waals surface area contributed by atoms with Gasteiger partial charge in [0.05, 0.1) is 6.61 Å². The van der Waals surface area contributed by atoms with Crippen molar-refractivity contribution in [3.63, 3.8) is 0 Å². The Balaban J connectivity index is 1.78. The molecule has 0 aliphatic carbocycles. The molecule has 0 N–H and O–H groups in total. The maximum Gasteiger partial charge on any atom is 0.347 e. The molecule has 0 saturated carbocycles. The molecular weight excluding hydrogens is 304 g/mol. The second-order valence-electron chi connectivity index (χ2n) is 3.68. The lowest BCUT2D eigenvalue weighted by atomic mass is 10.3. The second kappa shape index (κ2) is 5.86. The van der Waals surface area contributed by atoms with Crippen molar-refractivity contribution in [1.29, 1.82) is 0 Å². The quantitative estimate of drug-likeness (QED) is 0.791. The van der Waals surface area contributed by atoms with Crippen molar-refractivity contribution in [1.82, 2.24) is 0 Å². The van der Waals surface area contributed by atoms with Gasteiger partial charge in [-0.3, -0.25) is 0 Å². The van der Waals surface area contributed by atoms with Crippen LogP contribution >= 0.6 is 15.9 Å². The first-order valence-electron chi connectivity index (χ1n) is 5.39. The van der Waals surface area contributed by atoms with Gasteiger partial charge in [-0.15, -0.1) is 0 Å². The summed E-state index contributed by atoms with van der Waals surface area (Å²) in [6.45, 7) is 0.0652. The number of carbonyl (C=O) groups is 2. The molecule has 5 nitrogen and oxygen atoms in total.